The van der Waals surface area contributed by atoms with Gasteiger partial charge in [0.1, 0.15) is 23.4 Å². The van der Waals surface area contributed by atoms with E-state index in [0.29, 0.717) is 26.8 Å². The van der Waals surface area contributed by atoms with Crippen LogP contribution >= 0.6 is 27.5 Å². The number of carbonyl (C=O) groups excluding carboxylic acids is 1. The maximum absolute atomic E-state index is 12.9. The number of nitrogens with zero attached hydrogens (tertiary/aromatic N) is 2. The van der Waals surface area contributed by atoms with E-state index in [1.807, 2.05) is 42.1 Å². The fraction of sp³-hybridized carbons (Fsp3) is 0.238. The summed E-state index contributed by atoms with van der Waals surface area (Å²) in [5.41, 5.74) is 0.854. The van der Waals surface area contributed by atoms with Crippen LogP contribution in [0.5, 0.6) is 11.5 Å². The quantitative estimate of drug-likeness (QED) is 0.542. The molecule has 3 rings (SSSR count). The maximum atomic E-state index is 12.9. The summed E-state index contributed by atoms with van der Waals surface area (Å²) in [6.07, 6.45) is 2.79. The molecule has 0 spiro atoms. The van der Waals surface area contributed by atoms with Gasteiger partial charge in [-0.3, -0.25) is 4.79 Å². The van der Waals surface area contributed by atoms with Crippen molar-refractivity contribution in [3.05, 3.63) is 75.7 Å². The third kappa shape index (κ3) is 5.10. The highest BCUT2D eigenvalue weighted by atomic mass is 79.9. The number of carbonyl (C=O) groups is 1. The molecule has 1 amide bonds. The van der Waals surface area contributed by atoms with Gasteiger partial charge in [-0.15, -0.1) is 0 Å². The van der Waals surface area contributed by atoms with Gasteiger partial charge in [0, 0.05) is 24.5 Å². The molecule has 8 heteroatoms. The lowest BCUT2D eigenvalue weighted by Gasteiger charge is -2.22. The third-order valence-corrected chi connectivity index (χ3v) is 5.25. The summed E-state index contributed by atoms with van der Waals surface area (Å²) >= 11 is 9.37. The number of aryl methyl sites for hydroxylation is 1. The Morgan fingerprint density at radius 3 is 2.72 bits per heavy atom. The molecule has 1 N–H and O–H groups in total. The zero-order chi connectivity index (χ0) is 21.0. The molecule has 2 atom stereocenters. The first-order valence-corrected chi connectivity index (χ1v) is 10.1. The van der Waals surface area contributed by atoms with Crippen LogP contribution in [0.2, 0.25) is 5.02 Å². The van der Waals surface area contributed by atoms with Crippen LogP contribution in [0.1, 0.15) is 24.4 Å². The van der Waals surface area contributed by atoms with Crippen LogP contribution in [0.15, 0.2) is 59.3 Å². The molecule has 2 aromatic carbocycles. The van der Waals surface area contributed by atoms with Gasteiger partial charge in [0.15, 0.2) is 6.10 Å². The average molecular weight is 479 g/mol. The van der Waals surface area contributed by atoms with E-state index in [1.54, 1.807) is 38.4 Å². The molecule has 1 aromatic heterocycles. The van der Waals surface area contributed by atoms with E-state index in [4.69, 9.17) is 21.1 Å². The second-order valence-corrected chi connectivity index (χ2v) is 7.74. The van der Waals surface area contributed by atoms with E-state index in [1.165, 1.54) is 0 Å². The fourth-order valence-electron chi connectivity index (χ4n) is 2.85. The van der Waals surface area contributed by atoms with E-state index in [0.717, 1.165) is 5.56 Å². The Bertz CT molecular complexity index is 1010. The van der Waals surface area contributed by atoms with Crippen molar-refractivity contribution >= 4 is 33.4 Å². The Balaban J connectivity index is 1.83. The molecule has 0 aliphatic heterocycles. The summed E-state index contributed by atoms with van der Waals surface area (Å²) in [5.74, 6) is 1.66. The Hall–Kier alpha value is -2.51. The summed E-state index contributed by atoms with van der Waals surface area (Å²) in [6, 6.07) is 12.2. The number of imidazole rings is 1. The number of halogens is 2. The minimum atomic E-state index is -0.735. The molecule has 0 saturated heterocycles. The van der Waals surface area contributed by atoms with Crippen molar-refractivity contribution in [2.24, 2.45) is 7.05 Å². The van der Waals surface area contributed by atoms with Gasteiger partial charge in [-0.1, -0.05) is 23.7 Å². The molecule has 0 aliphatic rings. The lowest BCUT2D eigenvalue weighted by atomic mass is 10.1. The van der Waals surface area contributed by atoms with Crippen molar-refractivity contribution in [1.29, 1.82) is 0 Å². The fourth-order valence-corrected chi connectivity index (χ4v) is 3.62. The minimum Gasteiger partial charge on any atom is -0.497 e. The minimum absolute atomic E-state index is 0.275. The highest BCUT2D eigenvalue weighted by Gasteiger charge is 2.25. The first kappa shape index (κ1) is 21.2. The zero-order valence-corrected chi connectivity index (χ0v) is 18.6. The molecule has 0 bridgehead atoms. The molecule has 152 valence electrons. The van der Waals surface area contributed by atoms with Gasteiger partial charge in [-0.2, -0.15) is 0 Å². The molecule has 0 aliphatic carbocycles. The topological polar surface area (TPSA) is 65.4 Å². The number of hydrogen-bond acceptors (Lipinski definition) is 4. The molecule has 2 unspecified atom stereocenters. The highest BCUT2D eigenvalue weighted by Crippen LogP contribution is 2.29. The molecule has 1 heterocycles. The number of nitrogens with one attached hydrogen (secondary N) is 1. The lowest BCUT2D eigenvalue weighted by Crippen LogP contribution is -2.39. The predicted molar refractivity (Wildman–Crippen MR) is 115 cm³/mol. The van der Waals surface area contributed by atoms with Gasteiger partial charge >= 0.3 is 0 Å². The monoisotopic (exact) mass is 477 g/mol. The second-order valence-electron chi connectivity index (χ2n) is 6.45. The number of methoxy groups -OCH3 is 1. The van der Waals surface area contributed by atoms with Gasteiger partial charge < -0.3 is 19.4 Å². The van der Waals surface area contributed by atoms with Crippen LogP contribution < -0.4 is 14.8 Å². The van der Waals surface area contributed by atoms with E-state index in [9.17, 15) is 4.79 Å². The smallest absolute Gasteiger partial charge is 0.261 e. The SMILES string of the molecule is COc1cccc(C(NC(=O)C(C)Oc2ccc(Cl)cc2Br)c2nccn2C)c1. The van der Waals surface area contributed by atoms with Crippen molar-refractivity contribution in [3.63, 3.8) is 0 Å². The number of hydrogen-bond donors (Lipinski definition) is 1. The summed E-state index contributed by atoms with van der Waals surface area (Å²) in [5, 5.41) is 3.61. The Morgan fingerprint density at radius 2 is 2.07 bits per heavy atom. The molecule has 29 heavy (non-hydrogen) atoms. The largest absolute Gasteiger partial charge is 0.497 e. The number of benzene rings is 2. The van der Waals surface area contributed by atoms with Crippen LogP contribution in [0, 0.1) is 0 Å². The van der Waals surface area contributed by atoms with E-state index in [2.05, 4.69) is 26.2 Å². The molecule has 6 nitrogen and oxygen atoms in total. The summed E-state index contributed by atoms with van der Waals surface area (Å²) < 4.78 is 13.7. The molecule has 0 fully saturated rings. The molecular weight excluding hydrogens is 458 g/mol. The highest BCUT2D eigenvalue weighted by molar-refractivity contribution is 9.10. The Morgan fingerprint density at radius 1 is 1.28 bits per heavy atom. The average Bonchev–Trinajstić information content (AvgIpc) is 3.13. The van der Waals surface area contributed by atoms with E-state index in [-0.39, 0.29) is 5.91 Å². The summed E-state index contributed by atoms with van der Waals surface area (Å²) in [6.45, 7) is 1.69. The van der Waals surface area contributed by atoms with Crippen molar-refractivity contribution in [2.75, 3.05) is 7.11 Å². The number of rotatable bonds is 7. The van der Waals surface area contributed by atoms with Gasteiger partial charge in [0.05, 0.1) is 11.6 Å². The first-order valence-electron chi connectivity index (χ1n) is 8.92. The molecule has 0 radical (unpaired) electrons. The van der Waals surface area contributed by atoms with Crippen molar-refractivity contribution in [1.82, 2.24) is 14.9 Å². The Kier molecular flexibility index (Phi) is 6.82. The molecule has 3 aromatic rings. The van der Waals surface area contributed by atoms with Crippen LogP contribution in [-0.2, 0) is 11.8 Å². The van der Waals surface area contributed by atoms with E-state index < -0.39 is 12.1 Å². The molecule has 0 saturated carbocycles. The number of aromatic nitrogens is 2. The van der Waals surface area contributed by atoms with Crippen LogP contribution in [0.3, 0.4) is 0 Å². The summed E-state index contributed by atoms with van der Waals surface area (Å²) in [7, 11) is 3.49. The standard InChI is InChI=1S/C21H21BrClN3O3/c1-13(29-18-8-7-15(23)12-17(18)22)21(27)25-19(20-24-9-10-26(20)2)14-5-4-6-16(11-14)28-3/h4-13,19H,1-3H3,(H,25,27). The van der Waals surface area contributed by atoms with Crippen molar-refractivity contribution in [2.45, 2.75) is 19.1 Å². The first-order chi connectivity index (χ1) is 13.9. The van der Waals surface area contributed by atoms with Gasteiger partial charge in [-0.25, -0.2) is 4.98 Å². The maximum Gasteiger partial charge on any atom is 0.261 e. The van der Waals surface area contributed by atoms with Gasteiger partial charge in [0.2, 0.25) is 0 Å². The third-order valence-electron chi connectivity index (χ3n) is 4.40. The Labute approximate surface area is 182 Å². The summed E-state index contributed by atoms with van der Waals surface area (Å²) in [4.78, 5) is 17.3. The van der Waals surface area contributed by atoms with Crippen molar-refractivity contribution < 1.29 is 14.3 Å². The van der Waals surface area contributed by atoms with E-state index >= 15 is 0 Å². The van der Waals surface area contributed by atoms with Crippen LogP contribution in [0.25, 0.3) is 0 Å². The lowest BCUT2D eigenvalue weighted by molar-refractivity contribution is -0.127. The van der Waals surface area contributed by atoms with Crippen molar-refractivity contribution in [3.8, 4) is 11.5 Å². The predicted octanol–water partition coefficient (Wildman–Crippen LogP) is 4.52. The number of amides is 1. The normalized spacial score (nSPS) is 12.9. The second kappa shape index (κ2) is 9.33. The van der Waals surface area contributed by atoms with Gasteiger partial charge in [0.25, 0.3) is 5.91 Å². The van der Waals surface area contributed by atoms with Gasteiger partial charge in [-0.05, 0) is 58.7 Å². The zero-order valence-electron chi connectivity index (χ0n) is 16.2. The van der Waals surface area contributed by atoms with Crippen LogP contribution in [-0.4, -0.2) is 28.7 Å². The number of ether oxygens (including phenoxy) is 2. The molecular formula is C21H21BrClN3O3. The van der Waals surface area contributed by atoms with Crippen LogP contribution in [0.4, 0.5) is 0 Å².